The molecular weight excluding hydrogens is 402 g/mol. The molecule has 3 aromatic rings. The third-order valence-electron chi connectivity index (χ3n) is 5.97. The highest BCUT2D eigenvalue weighted by molar-refractivity contribution is 6.06. The second-order valence-electron chi connectivity index (χ2n) is 8.39. The van der Waals surface area contributed by atoms with Crippen molar-refractivity contribution in [2.45, 2.75) is 12.5 Å². The van der Waals surface area contributed by atoms with Crippen LogP contribution in [0.2, 0.25) is 0 Å². The number of hydrogen-bond donors (Lipinski definition) is 2. The Kier molecular flexibility index (Phi) is 6.28. The molecule has 1 saturated heterocycles. The van der Waals surface area contributed by atoms with Crippen molar-refractivity contribution >= 4 is 28.9 Å². The van der Waals surface area contributed by atoms with Gasteiger partial charge < -0.3 is 25.0 Å². The first-order valence-electron chi connectivity index (χ1n) is 10.8. The van der Waals surface area contributed by atoms with Gasteiger partial charge in [-0.15, -0.1) is 0 Å². The van der Waals surface area contributed by atoms with E-state index < -0.39 is 0 Å². The third kappa shape index (κ3) is 4.84. The van der Waals surface area contributed by atoms with Crippen LogP contribution in [0, 0.1) is 0 Å². The van der Waals surface area contributed by atoms with E-state index in [9.17, 15) is 9.59 Å². The summed E-state index contributed by atoms with van der Waals surface area (Å²) in [7, 11) is 6.06. The normalized spacial score (nSPS) is 15.8. The minimum absolute atomic E-state index is 0.188. The van der Waals surface area contributed by atoms with E-state index >= 15 is 0 Å². The fourth-order valence-corrected chi connectivity index (χ4v) is 3.95. The predicted molar refractivity (Wildman–Crippen MR) is 129 cm³/mol. The van der Waals surface area contributed by atoms with Crippen LogP contribution in [0.3, 0.4) is 0 Å². The summed E-state index contributed by atoms with van der Waals surface area (Å²) in [5, 5.41) is 5.78. The standard InChI is InChI=1S/C25H29N5O2/c1-28(2)22-14-16-30(17-22)21-12-10-20(11-13-21)26-24(31)18-6-8-19(9-7-18)27-25(32)23-5-4-15-29(23)3/h4-13,15,22H,14,16-17H2,1-3H3,(H,26,31)(H,27,32). The average molecular weight is 432 g/mol. The number of likely N-dealkylation sites (N-methyl/N-ethyl adjacent to an activating group) is 1. The molecule has 32 heavy (non-hydrogen) atoms. The molecule has 2 heterocycles. The van der Waals surface area contributed by atoms with Gasteiger partial charge in [-0.2, -0.15) is 0 Å². The van der Waals surface area contributed by atoms with Crippen LogP contribution in [0.1, 0.15) is 27.3 Å². The molecule has 1 unspecified atom stereocenters. The number of amides is 2. The van der Waals surface area contributed by atoms with Gasteiger partial charge in [0.15, 0.2) is 0 Å². The summed E-state index contributed by atoms with van der Waals surface area (Å²) in [6, 6.07) is 19.0. The largest absolute Gasteiger partial charge is 0.370 e. The van der Waals surface area contributed by atoms with E-state index in [1.165, 1.54) is 5.69 Å². The third-order valence-corrected chi connectivity index (χ3v) is 5.97. The fourth-order valence-electron chi connectivity index (χ4n) is 3.95. The summed E-state index contributed by atoms with van der Waals surface area (Å²) < 4.78 is 1.76. The summed E-state index contributed by atoms with van der Waals surface area (Å²) in [4.78, 5) is 29.6. The van der Waals surface area contributed by atoms with Gasteiger partial charge >= 0.3 is 0 Å². The molecule has 7 nitrogen and oxygen atoms in total. The van der Waals surface area contributed by atoms with Gasteiger partial charge in [0.2, 0.25) is 0 Å². The molecule has 1 aliphatic rings. The van der Waals surface area contributed by atoms with E-state index in [2.05, 4.69) is 46.7 Å². The number of carbonyl (C=O) groups excluding carboxylic acids is 2. The molecule has 2 amide bonds. The van der Waals surface area contributed by atoms with Crippen molar-refractivity contribution < 1.29 is 9.59 Å². The Morgan fingerprint density at radius 1 is 0.906 bits per heavy atom. The molecular formula is C25H29N5O2. The average Bonchev–Trinajstić information content (AvgIpc) is 3.44. The smallest absolute Gasteiger partial charge is 0.272 e. The Bertz CT molecular complexity index is 1090. The fraction of sp³-hybridized carbons (Fsp3) is 0.280. The summed E-state index contributed by atoms with van der Waals surface area (Å²) in [5.41, 5.74) is 3.66. The molecule has 0 spiro atoms. The Labute approximate surface area is 188 Å². The molecule has 0 radical (unpaired) electrons. The van der Waals surface area contributed by atoms with Crippen LogP contribution in [0.4, 0.5) is 17.1 Å². The van der Waals surface area contributed by atoms with Crippen LogP contribution >= 0.6 is 0 Å². The molecule has 4 rings (SSSR count). The van der Waals surface area contributed by atoms with E-state index in [1.807, 2.05) is 31.4 Å². The highest BCUT2D eigenvalue weighted by Crippen LogP contribution is 2.24. The second kappa shape index (κ2) is 9.28. The van der Waals surface area contributed by atoms with E-state index in [0.717, 1.165) is 25.2 Å². The van der Waals surface area contributed by atoms with Gasteiger partial charge in [0.25, 0.3) is 11.8 Å². The zero-order valence-electron chi connectivity index (χ0n) is 18.7. The van der Waals surface area contributed by atoms with Gasteiger partial charge in [-0.05, 0) is 81.2 Å². The minimum Gasteiger partial charge on any atom is -0.370 e. The number of aryl methyl sites for hydroxylation is 1. The maximum Gasteiger partial charge on any atom is 0.272 e. The van der Waals surface area contributed by atoms with Crippen LogP contribution < -0.4 is 15.5 Å². The monoisotopic (exact) mass is 431 g/mol. The maximum atomic E-state index is 12.6. The number of anilines is 3. The van der Waals surface area contributed by atoms with Crippen LogP contribution in [0.25, 0.3) is 0 Å². The Hall–Kier alpha value is -3.58. The summed E-state index contributed by atoms with van der Waals surface area (Å²) in [6.07, 6.45) is 2.98. The number of aromatic nitrogens is 1. The number of nitrogens with zero attached hydrogens (tertiary/aromatic N) is 3. The molecule has 2 aromatic carbocycles. The molecule has 166 valence electrons. The van der Waals surface area contributed by atoms with Gasteiger partial charge in [-0.1, -0.05) is 0 Å². The van der Waals surface area contributed by atoms with Crippen molar-refractivity contribution in [3.8, 4) is 0 Å². The van der Waals surface area contributed by atoms with Crippen molar-refractivity contribution in [2.24, 2.45) is 7.05 Å². The topological polar surface area (TPSA) is 69.6 Å². The molecule has 0 saturated carbocycles. The lowest BCUT2D eigenvalue weighted by atomic mass is 10.2. The highest BCUT2D eigenvalue weighted by Gasteiger charge is 2.24. The van der Waals surface area contributed by atoms with Crippen molar-refractivity contribution in [3.63, 3.8) is 0 Å². The molecule has 7 heteroatoms. The predicted octanol–water partition coefficient (Wildman–Crippen LogP) is 3.67. The van der Waals surface area contributed by atoms with Crippen LogP contribution in [0.15, 0.2) is 66.9 Å². The van der Waals surface area contributed by atoms with Gasteiger partial charge in [-0.3, -0.25) is 9.59 Å². The van der Waals surface area contributed by atoms with E-state index in [-0.39, 0.29) is 11.8 Å². The van der Waals surface area contributed by atoms with Gasteiger partial charge in [0.1, 0.15) is 5.69 Å². The zero-order valence-corrected chi connectivity index (χ0v) is 18.7. The number of carbonyl (C=O) groups is 2. The molecule has 1 atom stereocenters. The number of rotatable bonds is 6. The van der Waals surface area contributed by atoms with Crippen molar-refractivity contribution in [2.75, 3.05) is 42.7 Å². The van der Waals surface area contributed by atoms with Crippen molar-refractivity contribution in [1.29, 1.82) is 0 Å². The first-order valence-corrected chi connectivity index (χ1v) is 10.8. The quantitative estimate of drug-likeness (QED) is 0.625. The molecule has 1 aromatic heterocycles. The Morgan fingerprint density at radius 2 is 1.53 bits per heavy atom. The Balaban J connectivity index is 1.34. The number of benzene rings is 2. The molecule has 0 bridgehead atoms. The van der Waals surface area contributed by atoms with E-state index in [4.69, 9.17) is 0 Å². The summed E-state index contributed by atoms with van der Waals surface area (Å²) in [6.45, 7) is 2.06. The molecule has 1 fully saturated rings. The van der Waals surface area contributed by atoms with Gasteiger partial charge in [0.05, 0.1) is 0 Å². The van der Waals surface area contributed by atoms with Crippen molar-refractivity contribution in [1.82, 2.24) is 9.47 Å². The zero-order chi connectivity index (χ0) is 22.7. The number of hydrogen-bond acceptors (Lipinski definition) is 4. The van der Waals surface area contributed by atoms with Gasteiger partial charge in [-0.25, -0.2) is 0 Å². The highest BCUT2D eigenvalue weighted by atomic mass is 16.2. The molecule has 2 N–H and O–H groups in total. The Morgan fingerprint density at radius 3 is 2.09 bits per heavy atom. The van der Waals surface area contributed by atoms with Crippen molar-refractivity contribution in [3.05, 3.63) is 78.1 Å². The van der Waals surface area contributed by atoms with Gasteiger partial charge in [0, 0.05) is 55.0 Å². The molecule has 0 aliphatic carbocycles. The lowest BCUT2D eigenvalue weighted by molar-refractivity contribution is 0.101. The van der Waals surface area contributed by atoms with Crippen LogP contribution in [-0.2, 0) is 7.05 Å². The summed E-state index contributed by atoms with van der Waals surface area (Å²) in [5.74, 6) is -0.378. The number of nitrogens with one attached hydrogen (secondary N) is 2. The van der Waals surface area contributed by atoms with Crippen LogP contribution in [0.5, 0.6) is 0 Å². The molecule has 1 aliphatic heterocycles. The van der Waals surface area contributed by atoms with E-state index in [0.29, 0.717) is 23.0 Å². The maximum absolute atomic E-state index is 12.6. The first kappa shape index (κ1) is 21.6. The minimum atomic E-state index is -0.190. The second-order valence-corrected chi connectivity index (χ2v) is 8.39. The SMILES string of the molecule is CN(C)C1CCN(c2ccc(NC(=O)c3ccc(NC(=O)c4cccn4C)cc3)cc2)C1. The first-order chi connectivity index (χ1) is 15.4. The van der Waals surface area contributed by atoms with Crippen LogP contribution in [-0.4, -0.2) is 54.5 Å². The summed E-state index contributed by atoms with van der Waals surface area (Å²) >= 11 is 0. The van der Waals surface area contributed by atoms with E-state index in [1.54, 1.807) is 34.9 Å². The lowest BCUT2D eigenvalue weighted by Crippen LogP contribution is -2.31. The lowest BCUT2D eigenvalue weighted by Gasteiger charge is -2.22.